The standard InChI is InChI=1S/C24H29N3O4/c1-18(28)25-21-8-5-7-19(17-21)24(30)27-14-12-20(13-15-27)26-23(29)11-6-16-31-22-9-3-2-4-10-22/h2-5,7-10,17,20H,6,11-16H2,1H3,(H,25,28)(H,26,29). The molecule has 0 radical (unpaired) electrons. The van der Waals surface area contributed by atoms with Gasteiger partial charge in [0.05, 0.1) is 6.61 Å². The van der Waals surface area contributed by atoms with E-state index in [4.69, 9.17) is 4.74 Å². The van der Waals surface area contributed by atoms with Crippen molar-refractivity contribution in [3.05, 3.63) is 60.2 Å². The Hall–Kier alpha value is -3.35. The molecule has 1 heterocycles. The number of para-hydroxylation sites is 1. The monoisotopic (exact) mass is 423 g/mol. The van der Waals surface area contributed by atoms with Gasteiger partial charge in [0.1, 0.15) is 5.75 Å². The van der Waals surface area contributed by atoms with E-state index in [1.165, 1.54) is 6.92 Å². The first kappa shape index (κ1) is 22.3. The van der Waals surface area contributed by atoms with E-state index in [9.17, 15) is 14.4 Å². The Bertz CT molecular complexity index is 893. The van der Waals surface area contributed by atoms with Crippen LogP contribution in [-0.4, -0.2) is 48.4 Å². The molecule has 3 amide bonds. The molecular weight excluding hydrogens is 394 g/mol. The molecule has 0 bridgehead atoms. The molecule has 1 aliphatic heterocycles. The van der Waals surface area contributed by atoms with Crippen molar-refractivity contribution in [1.82, 2.24) is 10.2 Å². The predicted octanol–water partition coefficient (Wildman–Crippen LogP) is 3.23. The fourth-order valence-corrected chi connectivity index (χ4v) is 3.58. The van der Waals surface area contributed by atoms with Gasteiger partial charge in [-0.15, -0.1) is 0 Å². The Morgan fingerprint density at radius 1 is 1.03 bits per heavy atom. The minimum atomic E-state index is -0.173. The van der Waals surface area contributed by atoms with E-state index in [1.54, 1.807) is 29.2 Å². The molecule has 7 heteroatoms. The number of benzene rings is 2. The van der Waals surface area contributed by atoms with Crippen molar-refractivity contribution >= 4 is 23.4 Å². The zero-order valence-corrected chi connectivity index (χ0v) is 17.8. The van der Waals surface area contributed by atoms with E-state index in [1.807, 2.05) is 30.3 Å². The van der Waals surface area contributed by atoms with Gasteiger partial charge in [-0.25, -0.2) is 0 Å². The summed E-state index contributed by atoms with van der Waals surface area (Å²) in [7, 11) is 0. The number of piperidine rings is 1. The van der Waals surface area contributed by atoms with Crippen LogP contribution in [0.2, 0.25) is 0 Å². The van der Waals surface area contributed by atoms with E-state index in [-0.39, 0.29) is 23.8 Å². The fraction of sp³-hybridized carbons (Fsp3) is 0.375. The van der Waals surface area contributed by atoms with Crippen molar-refractivity contribution in [2.24, 2.45) is 0 Å². The summed E-state index contributed by atoms with van der Waals surface area (Å²) in [5.41, 5.74) is 1.16. The van der Waals surface area contributed by atoms with Crippen molar-refractivity contribution < 1.29 is 19.1 Å². The molecule has 0 spiro atoms. The summed E-state index contributed by atoms with van der Waals surface area (Å²) in [5.74, 6) is 0.592. The van der Waals surface area contributed by atoms with Crippen molar-refractivity contribution in [1.29, 1.82) is 0 Å². The van der Waals surface area contributed by atoms with Crippen LogP contribution >= 0.6 is 0 Å². The lowest BCUT2D eigenvalue weighted by Gasteiger charge is -2.32. The molecule has 7 nitrogen and oxygen atoms in total. The van der Waals surface area contributed by atoms with Crippen LogP contribution in [0.5, 0.6) is 5.75 Å². The number of amides is 3. The Morgan fingerprint density at radius 2 is 1.77 bits per heavy atom. The van der Waals surface area contributed by atoms with Crippen molar-refractivity contribution in [2.75, 3.05) is 25.0 Å². The number of hydrogen-bond donors (Lipinski definition) is 2. The minimum absolute atomic E-state index is 0.0180. The average Bonchev–Trinajstić information content (AvgIpc) is 2.77. The van der Waals surface area contributed by atoms with Gasteiger partial charge in [-0.2, -0.15) is 0 Å². The van der Waals surface area contributed by atoms with Crippen molar-refractivity contribution in [3.8, 4) is 5.75 Å². The molecule has 164 valence electrons. The van der Waals surface area contributed by atoms with Crippen molar-refractivity contribution in [3.63, 3.8) is 0 Å². The third-order valence-electron chi connectivity index (χ3n) is 5.14. The molecule has 2 aromatic carbocycles. The second-order valence-corrected chi connectivity index (χ2v) is 7.66. The van der Waals surface area contributed by atoms with Crippen LogP contribution in [-0.2, 0) is 9.59 Å². The van der Waals surface area contributed by atoms with Gasteiger partial charge in [-0.1, -0.05) is 24.3 Å². The Kier molecular flexibility index (Phi) is 8.04. The van der Waals surface area contributed by atoms with Crippen LogP contribution in [0.3, 0.4) is 0 Å². The number of ether oxygens (including phenoxy) is 1. The Morgan fingerprint density at radius 3 is 2.48 bits per heavy atom. The summed E-state index contributed by atoms with van der Waals surface area (Å²) >= 11 is 0. The Labute approximate surface area is 182 Å². The maximum Gasteiger partial charge on any atom is 0.253 e. The van der Waals surface area contributed by atoms with Gasteiger partial charge >= 0.3 is 0 Å². The highest BCUT2D eigenvalue weighted by molar-refractivity contribution is 5.96. The zero-order valence-electron chi connectivity index (χ0n) is 17.8. The topological polar surface area (TPSA) is 87.7 Å². The van der Waals surface area contributed by atoms with Gasteiger partial charge in [0.2, 0.25) is 11.8 Å². The summed E-state index contributed by atoms with van der Waals surface area (Å²) in [4.78, 5) is 38.0. The number of likely N-dealkylation sites (tertiary alicyclic amines) is 1. The number of rotatable bonds is 8. The molecule has 1 saturated heterocycles. The quantitative estimate of drug-likeness (QED) is 0.638. The highest BCUT2D eigenvalue weighted by Gasteiger charge is 2.24. The molecule has 0 aliphatic carbocycles. The molecule has 2 aromatic rings. The maximum atomic E-state index is 12.8. The van der Waals surface area contributed by atoms with E-state index < -0.39 is 0 Å². The van der Waals surface area contributed by atoms with E-state index in [0.717, 1.165) is 18.6 Å². The minimum Gasteiger partial charge on any atom is -0.494 e. The maximum absolute atomic E-state index is 12.8. The first-order valence-electron chi connectivity index (χ1n) is 10.7. The molecule has 0 saturated carbocycles. The number of anilines is 1. The molecule has 3 rings (SSSR count). The SMILES string of the molecule is CC(=O)Nc1cccc(C(=O)N2CCC(NC(=O)CCCOc3ccccc3)CC2)c1. The molecule has 1 aliphatic rings. The number of nitrogens with one attached hydrogen (secondary N) is 2. The van der Waals surface area contributed by atoms with E-state index in [0.29, 0.717) is 43.8 Å². The van der Waals surface area contributed by atoms with Gasteiger partial charge < -0.3 is 20.3 Å². The Balaban J connectivity index is 1.37. The lowest BCUT2D eigenvalue weighted by atomic mass is 10.0. The van der Waals surface area contributed by atoms with Crippen LogP contribution in [0.25, 0.3) is 0 Å². The first-order chi connectivity index (χ1) is 15.0. The molecule has 2 N–H and O–H groups in total. The normalized spacial score (nSPS) is 14.0. The lowest BCUT2D eigenvalue weighted by molar-refractivity contribution is -0.122. The summed E-state index contributed by atoms with van der Waals surface area (Å²) in [6.45, 7) is 3.11. The van der Waals surface area contributed by atoms with Gasteiger partial charge in [0, 0.05) is 43.7 Å². The third kappa shape index (κ3) is 7.13. The van der Waals surface area contributed by atoms with Gasteiger partial charge in [0.25, 0.3) is 5.91 Å². The summed E-state index contributed by atoms with van der Waals surface area (Å²) < 4.78 is 5.61. The summed E-state index contributed by atoms with van der Waals surface area (Å²) in [6.07, 6.45) is 2.53. The fourth-order valence-electron chi connectivity index (χ4n) is 3.58. The number of hydrogen-bond acceptors (Lipinski definition) is 4. The van der Waals surface area contributed by atoms with Gasteiger partial charge in [0.15, 0.2) is 0 Å². The highest BCUT2D eigenvalue weighted by atomic mass is 16.5. The molecular formula is C24H29N3O4. The predicted molar refractivity (Wildman–Crippen MR) is 119 cm³/mol. The first-order valence-corrected chi connectivity index (χ1v) is 10.7. The van der Waals surface area contributed by atoms with Crippen LogP contribution in [0, 0.1) is 0 Å². The highest BCUT2D eigenvalue weighted by Crippen LogP contribution is 2.17. The molecule has 31 heavy (non-hydrogen) atoms. The number of carbonyl (C=O) groups is 3. The molecule has 0 atom stereocenters. The van der Waals surface area contributed by atoms with Crippen LogP contribution < -0.4 is 15.4 Å². The second kappa shape index (κ2) is 11.2. The van der Waals surface area contributed by atoms with E-state index in [2.05, 4.69) is 10.6 Å². The molecule has 0 aromatic heterocycles. The number of nitrogens with zero attached hydrogens (tertiary/aromatic N) is 1. The van der Waals surface area contributed by atoms with Gasteiger partial charge in [-0.05, 0) is 49.6 Å². The molecule has 0 unspecified atom stereocenters. The summed E-state index contributed by atoms with van der Waals surface area (Å²) in [5, 5.41) is 5.76. The summed E-state index contributed by atoms with van der Waals surface area (Å²) in [6, 6.07) is 16.6. The van der Waals surface area contributed by atoms with Crippen LogP contribution in [0.1, 0.15) is 43.0 Å². The van der Waals surface area contributed by atoms with Crippen LogP contribution in [0.15, 0.2) is 54.6 Å². The zero-order chi connectivity index (χ0) is 22.1. The smallest absolute Gasteiger partial charge is 0.253 e. The van der Waals surface area contributed by atoms with E-state index >= 15 is 0 Å². The van der Waals surface area contributed by atoms with Crippen molar-refractivity contribution in [2.45, 2.75) is 38.6 Å². The average molecular weight is 424 g/mol. The van der Waals surface area contributed by atoms with Crippen LogP contribution in [0.4, 0.5) is 5.69 Å². The lowest BCUT2D eigenvalue weighted by Crippen LogP contribution is -2.46. The third-order valence-corrected chi connectivity index (χ3v) is 5.14. The van der Waals surface area contributed by atoms with Gasteiger partial charge in [-0.3, -0.25) is 14.4 Å². The largest absolute Gasteiger partial charge is 0.494 e. The molecule has 1 fully saturated rings. The number of carbonyl (C=O) groups excluding carboxylic acids is 3. The second-order valence-electron chi connectivity index (χ2n) is 7.66.